The zero-order valence-corrected chi connectivity index (χ0v) is 9.19. The predicted molar refractivity (Wildman–Crippen MR) is 57.1 cm³/mol. The maximum atomic E-state index is 12.8. The second-order valence-electron chi connectivity index (χ2n) is 3.47. The third kappa shape index (κ3) is 3.13. The molecular weight excluding hydrogens is 232 g/mol. The number of carboxylic acid groups (broad SMARTS) is 1. The van der Waals surface area contributed by atoms with E-state index in [4.69, 9.17) is 15.6 Å². The molecule has 6 heteroatoms. The summed E-state index contributed by atoms with van der Waals surface area (Å²) in [5.74, 6) is -0.972. The smallest absolute Gasteiger partial charge is 0.305 e. The number of benzene rings is 1. The molecule has 0 heterocycles. The van der Waals surface area contributed by atoms with Crippen molar-refractivity contribution in [3.8, 4) is 5.75 Å². The van der Waals surface area contributed by atoms with Crippen LogP contribution in [0.25, 0.3) is 0 Å². The summed E-state index contributed by atoms with van der Waals surface area (Å²) < 4.78 is 30.5. The molecule has 0 radical (unpaired) electrons. The molecule has 3 N–H and O–H groups in total. The first-order valence-corrected chi connectivity index (χ1v) is 4.89. The zero-order valence-electron chi connectivity index (χ0n) is 9.19. The van der Waals surface area contributed by atoms with Crippen molar-refractivity contribution in [3.05, 3.63) is 29.3 Å². The molecular formula is C11H13F2NO3. The number of carboxylic acids is 1. The van der Waals surface area contributed by atoms with Crippen molar-refractivity contribution in [2.75, 3.05) is 7.11 Å². The van der Waals surface area contributed by atoms with Crippen molar-refractivity contribution in [2.45, 2.75) is 18.9 Å². The van der Waals surface area contributed by atoms with E-state index in [0.29, 0.717) is 0 Å². The summed E-state index contributed by atoms with van der Waals surface area (Å²) in [7, 11) is 1.32. The number of nitrogens with two attached hydrogens (primary N) is 1. The van der Waals surface area contributed by atoms with Crippen molar-refractivity contribution < 1.29 is 23.4 Å². The molecule has 0 saturated carbocycles. The van der Waals surface area contributed by atoms with Crippen LogP contribution in [0.4, 0.5) is 8.78 Å². The summed E-state index contributed by atoms with van der Waals surface area (Å²) >= 11 is 0. The predicted octanol–water partition coefficient (Wildman–Crippen LogP) is 2.11. The number of carbonyl (C=O) groups is 1. The summed E-state index contributed by atoms with van der Waals surface area (Å²) in [4.78, 5) is 10.6. The average molecular weight is 245 g/mol. The molecule has 4 nitrogen and oxygen atoms in total. The lowest BCUT2D eigenvalue weighted by Gasteiger charge is -2.18. The highest BCUT2D eigenvalue weighted by molar-refractivity contribution is 5.68. The van der Waals surface area contributed by atoms with Gasteiger partial charge in [-0.05, 0) is 6.07 Å². The van der Waals surface area contributed by atoms with Gasteiger partial charge in [0.15, 0.2) is 0 Å². The van der Waals surface area contributed by atoms with E-state index in [0.717, 1.165) is 0 Å². The number of halogens is 2. The lowest BCUT2D eigenvalue weighted by Crippen LogP contribution is -2.18. The van der Waals surface area contributed by atoms with E-state index in [2.05, 4.69) is 0 Å². The van der Waals surface area contributed by atoms with Gasteiger partial charge in [0.25, 0.3) is 6.43 Å². The van der Waals surface area contributed by atoms with Crippen LogP contribution in [0.2, 0.25) is 0 Å². The van der Waals surface area contributed by atoms with E-state index in [1.807, 2.05) is 0 Å². The molecule has 0 amide bonds. The molecule has 0 bridgehead atoms. The fraction of sp³-hybridized carbons (Fsp3) is 0.364. The van der Waals surface area contributed by atoms with E-state index < -0.39 is 24.9 Å². The summed E-state index contributed by atoms with van der Waals surface area (Å²) in [6.45, 7) is 0. The lowest BCUT2D eigenvalue weighted by molar-refractivity contribution is -0.137. The molecule has 0 aliphatic heterocycles. The van der Waals surface area contributed by atoms with Crippen molar-refractivity contribution in [3.63, 3.8) is 0 Å². The number of rotatable bonds is 5. The number of alkyl halides is 2. The van der Waals surface area contributed by atoms with Gasteiger partial charge in [-0.1, -0.05) is 12.1 Å². The molecule has 1 atom stereocenters. The second-order valence-corrected chi connectivity index (χ2v) is 3.47. The lowest BCUT2D eigenvalue weighted by atomic mass is 9.97. The molecule has 0 aliphatic carbocycles. The van der Waals surface area contributed by atoms with Crippen LogP contribution in [0.5, 0.6) is 5.75 Å². The van der Waals surface area contributed by atoms with Gasteiger partial charge in [0.05, 0.1) is 13.5 Å². The molecule has 94 valence electrons. The van der Waals surface area contributed by atoms with E-state index in [1.54, 1.807) is 0 Å². The van der Waals surface area contributed by atoms with Gasteiger partial charge in [0.1, 0.15) is 5.75 Å². The molecule has 0 spiro atoms. The van der Waals surface area contributed by atoms with Gasteiger partial charge in [-0.25, -0.2) is 8.78 Å². The highest BCUT2D eigenvalue weighted by atomic mass is 19.3. The van der Waals surface area contributed by atoms with Gasteiger partial charge in [-0.2, -0.15) is 0 Å². The highest BCUT2D eigenvalue weighted by Gasteiger charge is 2.23. The second kappa shape index (κ2) is 5.58. The van der Waals surface area contributed by atoms with Crippen LogP contribution >= 0.6 is 0 Å². The first kappa shape index (κ1) is 13.4. The third-order valence-electron chi connectivity index (χ3n) is 2.32. The molecule has 1 rings (SSSR count). The Bertz CT molecular complexity index is 410. The van der Waals surface area contributed by atoms with Gasteiger partial charge < -0.3 is 15.6 Å². The van der Waals surface area contributed by atoms with Gasteiger partial charge >= 0.3 is 5.97 Å². The molecule has 0 aromatic heterocycles. The van der Waals surface area contributed by atoms with Crippen molar-refractivity contribution in [1.82, 2.24) is 0 Å². The largest absolute Gasteiger partial charge is 0.496 e. The minimum absolute atomic E-state index is 0.0485. The van der Waals surface area contributed by atoms with Gasteiger partial charge in [-0.3, -0.25) is 4.79 Å². The third-order valence-corrected chi connectivity index (χ3v) is 2.32. The maximum Gasteiger partial charge on any atom is 0.305 e. The van der Waals surface area contributed by atoms with Crippen molar-refractivity contribution in [2.24, 2.45) is 5.73 Å². The summed E-state index contributed by atoms with van der Waals surface area (Å²) in [5, 5.41) is 8.63. The van der Waals surface area contributed by atoms with E-state index in [9.17, 15) is 13.6 Å². The fourth-order valence-electron chi connectivity index (χ4n) is 1.62. The Morgan fingerprint density at radius 3 is 2.65 bits per heavy atom. The minimum atomic E-state index is -2.72. The quantitative estimate of drug-likeness (QED) is 0.833. The number of aliphatic carboxylic acids is 1. The molecule has 0 aliphatic rings. The number of ether oxygens (including phenoxy) is 1. The normalized spacial score (nSPS) is 12.5. The monoisotopic (exact) mass is 245 g/mol. The fourth-order valence-corrected chi connectivity index (χ4v) is 1.62. The maximum absolute atomic E-state index is 12.8. The number of hydrogen-bond acceptors (Lipinski definition) is 3. The summed E-state index contributed by atoms with van der Waals surface area (Å²) in [6.07, 6.45) is -3.15. The van der Waals surface area contributed by atoms with Crippen LogP contribution in [0, 0.1) is 0 Å². The number of hydrogen-bond donors (Lipinski definition) is 2. The topological polar surface area (TPSA) is 72.5 Å². The Balaban J connectivity index is 3.21. The van der Waals surface area contributed by atoms with E-state index in [1.165, 1.54) is 25.3 Å². The summed E-state index contributed by atoms with van der Waals surface area (Å²) in [6, 6.07) is 3.08. The number of methoxy groups -OCH3 is 1. The molecule has 0 saturated heterocycles. The van der Waals surface area contributed by atoms with E-state index in [-0.39, 0.29) is 16.9 Å². The Labute approximate surface area is 97.0 Å². The molecule has 0 fully saturated rings. The van der Waals surface area contributed by atoms with Crippen LogP contribution in [0.15, 0.2) is 18.2 Å². The van der Waals surface area contributed by atoms with Gasteiger partial charge in [-0.15, -0.1) is 0 Å². The van der Waals surface area contributed by atoms with Gasteiger partial charge in [0.2, 0.25) is 0 Å². The van der Waals surface area contributed by atoms with Crippen LogP contribution in [-0.4, -0.2) is 18.2 Å². The Kier molecular flexibility index (Phi) is 4.39. The highest BCUT2D eigenvalue weighted by Crippen LogP contribution is 2.34. The standard InChI is InChI=1S/C11H13F2NO3/c1-17-8-4-2-3-6(11(12)13)10(8)7(14)5-9(15)16/h2-4,7,11H,5,14H2,1H3,(H,15,16). The Morgan fingerprint density at radius 2 is 2.18 bits per heavy atom. The van der Waals surface area contributed by atoms with Crippen LogP contribution in [0.1, 0.15) is 30.0 Å². The van der Waals surface area contributed by atoms with Crippen LogP contribution in [0.3, 0.4) is 0 Å². The zero-order chi connectivity index (χ0) is 13.0. The first-order chi connectivity index (χ1) is 7.97. The van der Waals surface area contributed by atoms with Crippen molar-refractivity contribution >= 4 is 5.97 Å². The minimum Gasteiger partial charge on any atom is -0.496 e. The molecule has 1 aromatic carbocycles. The van der Waals surface area contributed by atoms with Crippen LogP contribution in [-0.2, 0) is 4.79 Å². The SMILES string of the molecule is COc1cccc(C(F)F)c1C(N)CC(=O)O. The first-order valence-electron chi connectivity index (χ1n) is 4.89. The molecule has 1 unspecified atom stereocenters. The average Bonchev–Trinajstić information content (AvgIpc) is 2.26. The summed E-state index contributed by atoms with van der Waals surface area (Å²) in [5.41, 5.74) is 5.37. The van der Waals surface area contributed by atoms with Crippen LogP contribution < -0.4 is 10.5 Å². The Hall–Kier alpha value is -1.69. The van der Waals surface area contributed by atoms with Crippen molar-refractivity contribution in [1.29, 1.82) is 0 Å². The van der Waals surface area contributed by atoms with Gasteiger partial charge in [0, 0.05) is 17.2 Å². The Morgan fingerprint density at radius 1 is 1.53 bits per heavy atom. The molecule has 17 heavy (non-hydrogen) atoms. The molecule has 1 aromatic rings. The van der Waals surface area contributed by atoms with E-state index >= 15 is 0 Å².